The van der Waals surface area contributed by atoms with Crippen molar-refractivity contribution in [2.24, 2.45) is 5.41 Å². The van der Waals surface area contributed by atoms with Crippen molar-refractivity contribution in [3.8, 4) is 0 Å². The third-order valence-electron chi connectivity index (χ3n) is 5.67. The van der Waals surface area contributed by atoms with E-state index < -0.39 is 25.2 Å². The van der Waals surface area contributed by atoms with Gasteiger partial charge in [0.05, 0.1) is 19.8 Å². The van der Waals surface area contributed by atoms with E-state index in [0.717, 1.165) is 22.9 Å². The summed E-state index contributed by atoms with van der Waals surface area (Å²) >= 11 is 1.10. The van der Waals surface area contributed by atoms with Crippen molar-refractivity contribution in [1.82, 2.24) is 10.6 Å². The predicted molar refractivity (Wildman–Crippen MR) is 159 cm³/mol. The maximum absolute atomic E-state index is 13.5. The van der Waals surface area contributed by atoms with Crippen LogP contribution in [0.15, 0.2) is 72.8 Å². The zero-order valence-electron chi connectivity index (χ0n) is 23.6. The normalized spacial score (nSPS) is 12.7. The van der Waals surface area contributed by atoms with Crippen molar-refractivity contribution in [3.05, 3.63) is 83.9 Å². The van der Waals surface area contributed by atoms with E-state index in [4.69, 9.17) is 13.6 Å². The number of nitrogens with one attached hydrogen (secondary N) is 2. The minimum absolute atomic E-state index is 0.00127. The Morgan fingerprint density at radius 3 is 2.02 bits per heavy atom. The van der Waals surface area contributed by atoms with Crippen molar-refractivity contribution < 1.29 is 37.6 Å². The van der Waals surface area contributed by atoms with Gasteiger partial charge >= 0.3 is 7.82 Å². The van der Waals surface area contributed by atoms with Crippen LogP contribution in [0.1, 0.15) is 38.3 Å². The molecule has 0 saturated heterocycles. The highest BCUT2D eigenvalue weighted by molar-refractivity contribution is 8.14. The van der Waals surface area contributed by atoms with E-state index in [2.05, 4.69) is 10.6 Å². The Morgan fingerprint density at radius 1 is 0.927 bits per heavy atom. The summed E-state index contributed by atoms with van der Waals surface area (Å²) in [4.78, 5) is 36.0. The number of aliphatic hydroxyl groups excluding tert-OH is 1. The van der Waals surface area contributed by atoms with Gasteiger partial charge in [-0.3, -0.25) is 28.0 Å². The topological polar surface area (TPSA) is 140 Å². The third kappa shape index (κ3) is 13.6. The SMILES string of the molecule is C/C=C/C(=O)SCCNC(=O)CCNC(=O)[C@H](O)C(C)(C)COP(=O)(OCc1ccccc1)OCc1ccccc1. The van der Waals surface area contributed by atoms with Crippen molar-refractivity contribution in [3.63, 3.8) is 0 Å². The summed E-state index contributed by atoms with van der Waals surface area (Å²) in [6, 6.07) is 18.2. The van der Waals surface area contributed by atoms with Gasteiger partial charge in [-0.25, -0.2) is 4.57 Å². The molecule has 0 heterocycles. The molecule has 0 bridgehead atoms. The van der Waals surface area contributed by atoms with Crippen LogP contribution in [0.3, 0.4) is 0 Å². The molecule has 41 heavy (non-hydrogen) atoms. The highest BCUT2D eigenvalue weighted by Crippen LogP contribution is 2.52. The van der Waals surface area contributed by atoms with E-state index in [1.807, 2.05) is 60.7 Å². The summed E-state index contributed by atoms with van der Waals surface area (Å²) in [5.74, 6) is -0.569. The van der Waals surface area contributed by atoms with Gasteiger partial charge in [0.25, 0.3) is 0 Å². The van der Waals surface area contributed by atoms with E-state index in [1.54, 1.807) is 26.8 Å². The number of aliphatic hydroxyl groups is 1. The number of thioether (sulfide) groups is 1. The maximum atomic E-state index is 13.5. The minimum atomic E-state index is -4.10. The van der Waals surface area contributed by atoms with Crippen molar-refractivity contribution >= 4 is 36.5 Å². The third-order valence-corrected chi connectivity index (χ3v) is 7.83. The lowest BCUT2D eigenvalue weighted by atomic mass is 9.87. The number of carbonyl (C=O) groups is 3. The summed E-state index contributed by atoms with van der Waals surface area (Å²) in [5.41, 5.74) is 0.358. The predicted octanol–water partition coefficient (Wildman–Crippen LogP) is 4.39. The first-order valence-electron chi connectivity index (χ1n) is 13.2. The van der Waals surface area contributed by atoms with Crippen LogP contribution in [-0.2, 0) is 45.7 Å². The number of carbonyl (C=O) groups excluding carboxylic acids is 3. The molecule has 3 N–H and O–H groups in total. The Hall–Kier alpha value is -2.79. The fraction of sp³-hybridized carbons (Fsp3) is 0.414. The van der Waals surface area contributed by atoms with E-state index in [-0.39, 0.29) is 43.8 Å². The first-order valence-corrected chi connectivity index (χ1v) is 15.6. The zero-order chi connectivity index (χ0) is 30.1. The van der Waals surface area contributed by atoms with Gasteiger partial charge in [0.2, 0.25) is 16.9 Å². The summed E-state index contributed by atoms with van der Waals surface area (Å²) in [6.07, 6.45) is 1.57. The molecule has 0 saturated carbocycles. The molecule has 0 aromatic heterocycles. The highest BCUT2D eigenvalue weighted by Gasteiger charge is 2.38. The van der Waals surface area contributed by atoms with Gasteiger partial charge in [0.15, 0.2) is 0 Å². The zero-order valence-corrected chi connectivity index (χ0v) is 25.3. The average molecular weight is 607 g/mol. The van der Waals surface area contributed by atoms with Crippen molar-refractivity contribution in [1.29, 1.82) is 0 Å². The van der Waals surface area contributed by atoms with Crippen LogP contribution in [0.25, 0.3) is 0 Å². The van der Waals surface area contributed by atoms with Crippen LogP contribution in [0.4, 0.5) is 0 Å². The minimum Gasteiger partial charge on any atom is -0.383 e. The second kappa shape index (κ2) is 17.9. The Labute approximate surface area is 245 Å². The Morgan fingerprint density at radius 2 is 1.49 bits per heavy atom. The fourth-order valence-corrected chi connectivity index (χ4v) is 5.22. The number of allylic oxidation sites excluding steroid dienone is 1. The standard InChI is InChI=1S/C29H39N2O8PS/c1-4-11-26(33)41-19-18-30-25(32)16-17-31-28(35)27(34)29(2,3)22-39-40(36,37-20-23-12-7-5-8-13-23)38-21-24-14-9-6-10-15-24/h4-15,27,34H,16-22H2,1-3H3,(H,30,32)(H,31,35)/b11-4+/t27-/m0/s1. The second-order valence-electron chi connectivity index (χ2n) is 9.69. The molecule has 0 spiro atoms. The van der Waals surface area contributed by atoms with Gasteiger partial charge in [-0.05, 0) is 24.1 Å². The summed E-state index contributed by atoms with van der Waals surface area (Å²) in [5, 5.41) is 15.8. The van der Waals surface area contributed by atoms with Crippen LogP contribution >= 0.6 is 19.6 Å². The maximum Gasteiger partial charge on any atom is 0.475 e. The number of hydrogen-bond donors (Lipinski definition) is 3. The molecule has 0 aliphatic rings. The van der Waals surface area contributed by atoms with E-state index in [9.17, 15) is 24.1 Å². The molecule has 2 aromatic carbocycles. The Kier molecular flexibility index (Phi) is 15.0. The monoisotopic (exact) mass is 606 g/mol. The highest BCUT2D eigenvalue weighted by atomic mass is 32.2. The van der Waals surface area contributed by atoms with Gasteiger partial charge in [-0.2, -0.15) is 0 Å². The Bertz CT molecular complexity index is 1130. The van der Waals surface area contributed by atoms with Gasteiger partial charge < -0.3 is 15.7 Å². The number of rotatable bonds is 18. The number of amides is 2. The summed E-state index contributed by atoms with van der Waals surface area (Å²) < 4.78 is 30.3. The number of hydrogen-bond acceptors (Lipinski definition) is 9. The average Bonchev–Trinajstić information content (AvgIpc) is 2.97. The van der Waals surface area contributed by atoms with Gasteiger partial charge in [0.1, 0.15) is 6.10 Å². The molecular weight excluding hydrogens is 567 g/mol. The second-order valence-corrected chi connectivity index (χ2v) is 12.5. The fourth-order valence-electron chi connectivity index (χ4n) is 3.26. The first-order chi connectivity index (χ1) is 19.5. The van der Waals surface area contributed by atoms with Crippen LogP contribution in [-0.4, -0.2) is 53.6 Å². The molecule has 0 radical (unpaired) electrons. The van der Waals surface area contributed by atoms with Crippen molar-refractivity contribution in [2.75, 3.05) is 25.4 Å². The molecule has 224 valence electrons. The molecule has 1 atom stereocenters. The smallest absolute Gasteiger partial charge is 0.383 e. The molecule has 2 amide bonds. The molecule has 2 rings (SSSR count). The first kappa shape index (κ1) is 34.4. The summed E-state index contributed by atoms with van der Waals surface area (Å²) in [6.45, 7) is 4.86. The molecule has 12 heteroatoms. The molecule has 0 aliphatic heterocycles. The Balaban J connectivity index is 1.85. The number of benzene rings is 2. The molecule has 2 aromatic rings. The summed E-state index contributed by atoms with van der Waals surface area (Å²) in [7, 11) is -4.10. The largest absolute Gasteiger partial charge is 0.475 e. The van der Waals surface area contributed by atoms with Crippen LogP contribution in [0.2, 0.25) is 0 Å². The van der Waals surface area contributed by atoms with Crippen molar-refractivity contribution in [2.45, 2.75) is 46.5 Å². The lowest BCUT2D eigenvalue weighted by molar-refractivity contribution is -0.137. The molecular formula is C29H39N2O8PS. The van der Waals surface area contributed by atoms with Crippen LogP contribution in [0.5, 0.6) is 0 Å². The molecule has 0 fully saturated rings. The molecule has 0 unspecified atom stereocenters. The molecule has 0 aliphatic carbocycles. The quantitative estimate of drug-likeness (QED) is 0.128. The van der Waals surface area contributed by atoms with E-state index >= 15 is 0 Å². The molecule has 10 nitrogen and oxygen atoms in total. The van der Waals surface area contributed by atoms with Crippen LogP contribution < -0.4 is 10.6 Å². The van der Waals surface area contributed by atoms with Crippen LogP contribution in [0, 0.1) is 5.41 Å². The number of phosphoric acid groups is 1. The lowest BCUT2D eigenvalue weighted by Gasteiger charge is -2.30. The lowest BCUT2D eigenvalue weighted by Crippen LogP contribution is -2.46. The van der Waals surface area contributed by atoms with E-state index in [0.29, 0.717) is 12.3 Å². The van der Waals surface area contributed by atoms with Gasteiger partial charge in [-0.15, -0.1) is 0 Å². The van der Waals surface area contributed by atoms with Gasteiger partial charge in [0, 0.05) is 30.7 Å². The number of phosphoric ester groups is 1. The van der Waals surface area contributed by atoms with E-state index in [1.165, 1.54) is 6.08 Å². The van der Waals surface area contributed by atoms with Gasteiger partial charge in [-0.1, -0.05) is 92.3 Å².